The van der Waals surface area contributed by atoms with Crippen molar-refractivity contribution >= 4 is 17.6 Å². The van der Waals surface area contributed by atoms with Gasteiger partial charge in [0.1, 0.15) is 12.4 Å². The van der Waals surface area contributed by atoms with Crippen molar-refractivity contribution in [3.63, 3.8) is 0 Å². The van der Waals surface area contributed by atoms with Crippen LogP contribution >= 0.6 is 0 Å². The molecule has 0 radical (unpaired) electrons. The van der Waals surface area contributed by atoms with E-state index < -0.39 is 0 Å². The number of carbonyl (C=O) groups excluding carboxylic acids is 2. The lowest BCUT2D eigenvalue weighted by Crippen LogP contribution is -2.37. The monoisotopic (exact) mass is 317 g/mol. The van der Waals surface area contributed by atoms with Gasteiger partial charge in [-0.25, -0.2) is 4.79 Å². The Bertz CT molecular complexity index is 641. The minimum absolute atomic E-state index is 0.141. The van der Waals surface area contributed by atoms with E-state index in [0.717, 1.165) is 5.56 Å². The van der Waals surface area contributed by atoms with E-state index >= 15 is 0 Å². The van der Waals surface area contributed by atoms with E-state index in [4.69, 9.17) is 9.15 Å². The number of benzene rings is 1. The zero-order valence-electron chi connectivity index (χ0n) is 12.8. The van der Waals surface area contributed by atoms with Crippen molar-refractivity contribution in [2.24, 2.45) is 0 Å². The van der Waals surface area contributed by atoms with Crippen LogP contribution in [0.1, 0.15) is 12.5 Å². The molecule has 0 bridgehead atoms. The molecule has 3 N–H and O–H groups in total. The largest absolute Gasteiger partial charge is 0.492 e. The Hall–Kier alpha value is -2.96. The van der Waals surface area contributed by atoms with Crippen molar-refractivity contribution in [3.05, 3.63) is 48.4 Å². The number of urea groups is 1. The molecule has 1 heterocycles. The van der Waals surface area contributed by atoms with Gasteiger partial charge in [-0.3, -0.25) is 4.79 Å². The highest BCUT2D eigenvalue weighted by molar-refractivity contribution is 5.88. The lowest BCUT2D eigenvalue weighted by molar-refractivity contribution is -0.114. The summed E-state index contributed by atoms with van der Waals surface area (Å²) in [6.45, 7) is 2.53. The third kappa shape index (κ3) is 6.13. The summed E-state index contributed by atoms with van der Waals surface area (Å²) in [6, 6.07) is 8.57. The molecule has 0 unspecified atom stereocenters. The van der Waals surface area contributed by atoms with Crippen LogP contribution in [0.3, 0.4) is 0 Å². The van der Waals surface area contributed by atoms with Gasteiger partial charge in [0.2, 0.25) is 5.91 Å². The van der Waals surface area contributed by atoms with Gasteiger partial charge in [0.15, 0.2) is 0 Å². The van der Waals surface area contributed by atoms with Crippen LogP contribution in [-0.4, -0.2) is 25.1 Å². The Kier molecular flexibility index (Phi) is 6.05. The minimum atomic E-state index is -0.276. The quantitative estimate of drug-likeness (QED) is 0.682. The molecule has 0 saturated heterocycles. The first-order chi connectivity index (χ1) is 11.1. The first-order valence-electron chi connectivity index (χ1n) is 7.17. The fourth-order valence-electron chi connectivity index (χ4n) is 1.84. The smallest absolute Gasteiger partial charge is 0.315 e. The van der Waals surface area contributed by atoms with Gasteiger partial charge in [-0.15, -0.1) is 0 Å². The van der Waals surface area contributed by atoms with E-state index in [-0.39, 0.29) is 11.9 Å². The second-order valence-corrected chi connectivity index (χ2v) is 4.80. The van der Waals surface area contributed by atoms with Crippen molar-refractivity contribution < 1.29 is 18.7 Å². The zero-order valence-corrected chi connectivity index (χ0v) is 12.8. The van der Waals surface area contributed by atoms with Crippen LogP contribution in [0.2, 0.25) is 0 Å². The lowest BCUT2D eigenvalue weighted by Gasteiger charge is -2.10. The second-order valence-electron chi connectivity index (χ2n) is 4.80. The number of nitrogens with one attached hydrogen (secondary N) is 3. The maximum atomic E-state index is 11.6. The summed E-state index contributed by atoms with van der Waals surface area (Å²) in [5.74, 6) is 0.481. The Morgan fingerprint density at radius 2 is 2.09 bits per heavy atom. The third-order valence-electron chi connectivity index (χ3n) is 2.84. The summed E-state index contributed by atoms with van der Waals surface area (Å²) in [5, 5.41) is 8.07. The van der Waals surface area contributed by atoms with Gasteiger partial charge >= 0.3 is 6.03 Å². The molecule has 7 nitrogen and oxygen atoms in total. The third-order valence-corrected chi connectivity index (χ3v) is 2.84. The van der Waals surface area contributed by atoms with Gasteiger partial charge in [-0.1, -0.05) is 6.07 Å². The summed E-state index contributed by atoms with van der Waals surface area (Å²) >= 11 is 0. The van der Waals surface area contributed by atoms with E-state index in [1.165, 1.54) is 6.92 Å². The lowest BCUT2D eigenvalue weighted by atomic mass is 10.3. The maximum Gasteiger partial charge on any atom is 0.315 e. The van der Waals surface area contributed by atoms with Crippen LogP contribution in [0.4, 0.5) is 10.5 Å². The second kappa shape index (κ2) is 8.47. The topological polar surface area (TPSA) is 92.6 Å². The molecule has 0 aliphatic rings. The van der Waals surface area contributed by atoms with E-state index in [0.29, 0.717) is 31.1 Å². The van der Waals surface area contributed by atoms with Crippen LogP contribution in [0.25, 0.3) is 0 Å². The Balaban J connectivity index is 1.64. The fourth-order valence-corrected chi connectivity index (χ4v) is 1.84. The highest BCUT2D eigenvalue weighted by Crippen LogP contribution is 2.16. The number of furan rings is 1. The number of anilines is 1. The van der Waals surface area contributed by atoms with Gasteiger partial charge in [0, 0.05) is 30.8 Å². The maximum absolute atomic E-state index is 11.6. The van der Waals surface area contributed by atoms with E-state index in [1.807, 2.05) is 0 Å². The minimum Gasteiger partial charge on any atom is -0.492 e. The molecule has 0 saturated carbocycles. The van der Waals surface area contributed by atoms with E-state index in [9.17, 15) is 9.59 Å². The summed E-state index contributed by atoms with van der Waals surface area (Å²) in [6.07, 6.45) is 3.13. The number of amides is 3. The molecule has 1 aromatic carbocycles. The molecule has 2 rings (SSSR count). The molecule has 1 aromatic heterocycles. The predicted molar refractivity (Wildman–Crippen MR) is 85.2 cm³/mol. The normalized spacial score (nSPS) is 9.96. The average molecular weight is 317 g/mol. The molecule has 0 aliphatic carbocycles. The van der Waals surface area contributed by atoms with Crippen LogP contribution in [-0.2, 0) is 11.3 Å². The van der Waals surface area contributed by atoms with Crippen molar-refractivity contribution in [2.75, 3.05) is 18.5 Å². The number of rotatable bonds is 7. The standard InChI is InChI=1S/C16H19N3O4/c1-12(20)19-14-3-2-4-15(9-14)23-8-6-17-16(21)18-10-13-5-7-22-11-13/h2-5,7,9,11H,6,8,10H2,1H3,(H,19,20)(H2,17,18,21). The fraction of sp³-hybridized carbons (Fsp3) is 0.250. The van der Waals surface area contributed by atoms with Crippen LogP contribution in [0.15, 0.2) is 47.3 Å². The average Bonchev–Trinajstić information content (AvgIpc) is 3.03. The molecular formula is C16H19N3O4. The summed E-state index contributed by atoms with van der Waals surface area (Å²) in [7, 11) is 0. The summed E-state index contributed by atoms with van der Waals surface area (Å²) < 4.78 is 10.4. The Labute approximate surface area is 134 Å². The van der Waals surface area contributed by atoms with Gasteiger partial charge < -0.3 is 25.1 Å². The summed E-state index contributed by atoms with van der Waals surface area (Å²) in [5.41, 5.74) is 1.56. The molecule has 0 spiro atoms. The van der Waals surface area contributed by atoms with Gasteiger partial charge in [0.05, 0.1) is 19.1 Å². The van der Waals surface area contributed by atoms with Crippen LogP contribution < -0.4 is 20.7 Å². The SMILES string of the molecule is CC(=O)Nc1cccc(OCCNC(=O)NCc2ccoc2)c1. The van der Waals surface area contributed by atoms with Crippen molar-refractivity contribution in [1.82, 2.24) is 10.6 Å². The van der Waals surface area contributed by atoms with Crippen molar-refractivity contribution in [2.45, 2.75) is 13.5 Å². The predicted octanol–water partition coefficient (Wildman–Crippen LogP) is 2.12. The van der Waals surface area contributed by atoms with Crippen LogP contribution in [0.5, 0.6) is 5.75 Å². The van der Waals surface area contributed by atoms with E-state index in [2.05, 4.69) is 16.0 Å². The zero-order chi connectivity index (χ0) is 16.5. The molecule has 122 valence electrons. The molecular weight excluding hydrogens is 298 g/mol. The van der Waals surface area contributed by atoms with Gasteiger partial charge in [0.25, 0.3) is 0 Å². The molecule has 23 heavy (non-hydrogen) atoms. The number of ether oxygens (including phenoxy) is 1. The molecule has 0 atom stereocenters. The molecule has 0 fully saturated rings. The first-order valence-corrected chi connectivity index (χ1v) is 7.17. The van der Waals surface area contributed by atoms with Gasteiger partial charge in [-0.05, 0) is 18.2 Å². The highest BCUT2D eigenvalue weighted by Gasteiger charge is 2.02. The number of carbonyl (C=O) groups is 2. The Morgan fingerprint density at radius 3 is 2.83 bits per heavy atom. The van der Waals surface area contributed by atoms with Gasteiger partial charge in [-0.2, -0.15) is 0 Å². The Morgan fingerprint density at radius 1 is 1.22 bits per heavy atom. The highest BCUT2D eigenvalue weighted by atomic mass is 16.5. The number of hydrogen-bond acceptors (Lipinski definition) is 4. The first kappa shape index (κ1) is 16.4. The van der Waals surface area contributed by atoms with Crippen LogP contribution in [0, 0.1) is 0 Å². The summed E-state index contributed by atoms with van der Waals surface area (Å²) in [4.78, 5) is 22.6. The van der Waals surface area contributed by atoms with Crippen molar-refractivity contribution in [3.8, 4) is 5.75 Å². The van der Waals surface area contributed by atoms with E-state index in [1.54, 1.807) is 42.9 Å². The molecule has 0 aliphatic heterocycles. The molecule has 2 aromatic rings. The number of hydrogen-bond donors (Lipinski definition) is 3. The molecule has 3 amide bonds. The van der Waals surface area contributed by atoms with Crippen molar-refractivity contribution in [1.29, 1.82) is 0 Å². The molecule has 7 heteroatoms.